The number of hydrogen-bond acceptors (Lipinski definition) is 6. The Morgan fingerprint density at radius 2 is 1.61 bits per heavy atom. The number of rotatable bonds is 7. The molecule has 0 bridgehead atoms. The normalized spacial score (nSPS) is 13.3. The van der Waals surface area contributed by atoms with Crippen molar-refractivity contribution in [2.75, 3.05) is 45.7 Å². The highest BCUT2D eigenvalue weighted by Crippen LogP contribution is 2.33. The van der Waals surface area contributed by atoms with Gasteiger partial charge in [-0.25, -0.2) is 14.4 Å². The fraction of sp³-hybridized carbons (Fsp3) is 0.407. The van der Waals surface area contributed by atoms with Gasteiger partial charge in [-0.15, -0.1) is 0 Å². The number of methoxy groups -OCH3 is 1. The predicted octanol–water partition coefficient (Wildman–Crippen LogP) is 2.45. The minimum atomic E-state index is -1.82. The van der Waals surface area contributed by atoms with E-state index in [2.05, 4.69) is 36.2 Å². The molecule has 38 heavy (non-hydrogen) atoms. The van der Waals surface area contributed by atoms with Crippen molar-refractivity contribution in [2.24, 2.45) is 5.73 Å². The van der Waals surface area contributed by atoms with Gasteiger partial charge in [0, 0.05) is 38.3 Å². The van der Waals surface area contributed by atoms with E-state index < -0.39 is 18.0 Å². The average molecular weight is 529 g/mol. The van der Waals surface area contributed by atoms with Gasteiger partial charge in [-0.1, -0.05) is 30.3 Å². The van der Waals surface area contributed by atoms with E-state index in [9.17, 15) is 9.59 Å². The van der Waals surface area contributed by atoms with Crippen LogP contribution in [0.25, 0.3) is 0 Å². The smallest absolute Gasteiger partial charge is 0.414 e. The SMILES string of the molecule is COc1cc(C(=O)N2CCC(N(C)CCc3ccccc3)CC2)cc(C)c1N(C)C(N)=O.O=C(O)C(=O)O. The quantitative estimate of drug-likeness (QED) is 0.463. The maximum Gasteiger partial charge on any atom is 0.414 e. The first-order valence-electron chi connectivity index (χ1n) is 12.2. The number of nitrogens with zero attached hydrogens (tertiary/aromatic N) is 3. The number of carboxylic acids is 2. The van der Waals surface area contributed by atoms with Crippen molar-refractivity contribution in [2.45, 2.75) is 32.2 Å². The van der Waals surface area contributed by atoms with Gasteiger partial charge >= 0.3 is 18.0 Å². The molecular weight excluding hydrogens is 492 g/mol. The van der Waals surface area contributed by atoms with E-state index in [4.69, 9.17) is 30.3 Å². The van der Waals surface area contributed by atoms with Crippen LogP contribution in [-0.4, -0.2) is 90.8 Å². The first-order chi connectivity index (χ1) is 18.0. The fourth-order valence-electron chi connectivity index (χ4n) is 4.39. The third kappa shape index (κ3) is 8.20. The summed E-state index contributed by atoms with van der Waals surface area (Å²) >= 11 is 0. The number of nitrogens with two attached hydrogens (primary N) is 1. The molecule has 2 aromatic carbocycles. The summed E-state index contributed by atoms with van der Waals surface area (Å²) in [6.45, 7) is 4.31. The van der Waals surface area contributed by atoms with Crippen LogP contribution in [0.3, 0.4) is 0 Å². The molecule has 1 aliphatic heterocycles. The van der Waals surface area contributed by atoms with Crippen LogP contribution in [0.5, 0.6) is 5.75 Å². The molecule has 0 spiro atoms. The number of primary amides is 1. The van der Waals surface area contributed by atoms with Crippen LogP contribution in [0.1, 0.15) is 34.3 Å². The summed E-state index contributed by atoms with van der Waals surface area (Å²) in [6.07, 6.45) is 2.94. The number of likely N-dealkylation sites (N-methyl/N-ethyl adjacent to an activating group) is 1. The van der Waals surface area contributed by atoms with Crippen LogP contribution >= 0.6 is 0 Å². The van der Waals surface area contributed by atoms with Crippen LogP contribution < -0.4 is 15.4 Å². The Morgan fingerprint density at radius 1 is 1.03 bits per heavy atom. The number of aliphatic carboxylic acids is 2. The molecule has 1 heterocycles. The monoisotopic (exact) mass is 528 g/mol. The first kappa shape index (κ1) is 30.1. The van der Waals surface area contributed by atoms with Gasteiger partial charge in [0.05, 0.1) is 12.8 Å². The molecule has 4 N–H and O–H groups in total. The van der Waals surface area contributed by atoms with Crippen molar-refractivity contribution >= 4 is 29.6 Å². The van der Waals surface area contributed by atoms with E-state index >= 15 is 0 Å². The Kier molecular flexibility index (Phi) is 11.1. The molecule has 0 saturated carbocycles. The number of amides is 3. The number of carboxylic acid groups (broad SMARTS) is 2. The maximum absolute atomic E-state index is 13.2. The number of likely N-dealkylation sites (tertiary alicyclic amines) is 1. The number of urea groups is 1. The predicted molar refractivity (Wildman–Crippen MR) is 143 cm³/mol. The number of hydrogen-bond donors (Lipinski definition) is 3. The van der Waals surface area contributed by atoms with Gasteiger partial charge in [0.15, 0.2) is 0 Å². The number of carbonyl (C=O) groups excluding carboxylic acids is 2. The molecule has 0 aliphatic carbocycles. The van der Waals surface area contributed by atoms with E-state index in [-0.39, 0.29) is 5.91 Å². The van der Waals surface area contributed by atoms with Gasteiger partial charge in [0.1, 0.15) is 5.75 Å². The van der Waals surface area contributed by atoms with Crippen molar-refractivity contribution in [3.05, 3.63) is 59.2 Å². The number of carbonyl (C=O) groups is 4. The van der Waals surface area contributed by atoms with Crippen molar-refractivity contribution in [3.8, 4) is 5.75 Å². The van der Waals surface area contributed by atoms with E-state index in [1.165, 1.54) is 17.6 Å². The molecule has 2 aromatic rings. The van der Waals surface area contributed by atoms with Gasteiger partial charge in [-0.05, 0) is 56.5 Å². The lowest BCUT2D eigenvalue weighted by Crippen LogP contribution is -2.46. The summed E-state index contributed by atoms with van der Waals surface area (Å²) in [5.74, 6) is -3.19. The lowest BCUT2D eigenvalue weighted by Gasteiger charge is -2.37. The Balaban J connectivity index is 0.000000757. The van der Waals surface area contributed by atoms with E-state index in [1.807, 2.05) is 17.9 Å². The van der Waals surface area contributed by atoms with Crippen molar-refractivity contribution in [1.29, 1.82) is 0 Å². The summed E-state index contributed by atoms with van der Waals surface area (Å²) in [5, 5.41) is 14.8. The highest BCUT2D eigenvalue weighted by atomic mass is 16.5. The zero-order valence-electron chi connectivity index (χ0n) is 22.2. The lowest BCUT2D eigenvalue weighted by atomic mass is 10.0. The fourth-order valence-corrected chi connectivity index (χ4v) is 4.39. The van der Waals surface area contributed by atoms with E-state index in [0.717, 1.165) is 44.5 Å². The van der Waals surface area contributed by atoms with Crippen molar-refractivity contribution in [1.82, 2.24) is 9.80 Å². The van der Waals surface area contributed by atoms with Gasteiger partial charge in [0.25, 0.3) is 5.91 Å². The van der Waals surface area contributed by atoms with Gasteiger partial charge < -0.3 is 30.5 Å². The molecule has 0 unspecified atom stereocenters. The minimum absolute atomic E-state index is 0.00920. The van der Waals surface area contributed by atoms with Gasteiger partial charge in [0.2, 0.25) is 0 Å². The topological polar surface area (TPSA) is 154 Å². The highest BCUT2D eigenvalue weighted by molar-refractivity contribution is 6.27. The van der Waals surface area contributed by atoms with Crippen LogP contribution in [-0.2, 0) is 16.0 Å². The summed E-state index contributed by atoms with van der Waals surface area (Å²) in [4.78, 5) is 48.6. The number of aryl methyl sites for hydroxylation is 1. The second kappa shape index (κ2) is 14.0. The zero-order valence-corrected chi connectivity index (χ0v) is 22.2. The zero-order chi connectivity index (χ0) is 28.4. The third-order valence-corrected chi connectivity index (χ3v) is 6.55. The van der Waals surface area contributed by atoms with Crippen molar-refractivity contribution < 1.29 is 34.1 Å². The molecule has 3 amide bonds. The maximum atomic E-state index is 13.2. The van der Waals surface area contributed by atoms with E-state index in [1.54, 1.807) is 19.2 Å². The van der Waals surface area contributed by atoms with E-state index in [0.29, 0.717) is 23.0 Å². The molecule has 11 heteroatoms. The molecule has 1 aliphatic rings. The molecule has 0 aromatic heterocycles. The van der Waals surface area contributed by atoms with Gasteiger partial charge in [-0.2, -0.15) is 0 Å². The summed E-state index contributed by atoms with van der Waals surface area (Å²) in [7, 11) is 5.29. The van der Waals surface area contributed by atoms with Gasteiger partial charge in [-0.3, -0.25) is 9.69 Å². The molecule has 0 radical (unpaired) electrons. The molecular formula is C27H36N4O7. The van der Waals surface area contributed by atoms with Crippen LogP contribution in [0.2, 0.25) is 0 Å². The first-order valence-corrected chi connectivity index (χ1v) is 12.2. The Hall–Kier alpha value is -4.12. The molecule has 11 nitrogen and oxygen atoms in total. The summed E-state index contributed by atoms with van der Waals surface area (Å²) < 4.78 is 5.46. The standard InChI is InChI=1S/C25H34N4O3.C2H2O4/c1-18-16-20(17-22(32-4)23(18)28(3)25(26)31)24(30)29-14-11-21(12-15-29)27(2)13-10-19-8-6-5-7-9-19;3-1(4)2(5)6/h5-9,16-17,21H,10-15H2,1-4H3,(H2,26,31);(H,3,4)(H,5,6). The Labute approximate surface area is 222 Å². The second-order valence-corrected chi connectivity index (χ2v) is 9.09. The summed E-state index contributed by atoms with van der Waals surface area (Å²) in [5.41, 5.74) is 8.68. The molecule has 1 fully saturated rings. The number of benzene rings is 2. The number of piperidine rings is 1. The largest absolute Gasteiger partial charge is 0.495 e. The minimum Gasteiger partial charge on any atom is -0.495 e. The Bertz CT molecular complexity index is 1120. The van der Waals surface area contributed by atoms with Crippen molar-refractivity contribution in [3.63, 3.8) is 0 Å². The van der Waals surface area contributed by atoms with Crippen LogP contribution in [0.4, 0.5) is 10.5 Å². The second-order valence-electron chi connectivity index (χ2n) is 9.09. The average Bonchev–Trinajstić information content (AvgIpc) is 2.91. The molecule has 0 atom stereocenters. The number of ether oxygens (including phenoxy) is 1. The molecule has 3 rings (SSSR count). The highest BCUT2D eigenvalue weighted by Gasteiger charge is 2.27. The molecule has 206 valence electrons. The molecule has 1 saturated heterocycles. The Morgan fingerprint density at radius 3 is 2.11 bits per heavy atom. The third-order valence-electron chi connectivity index (χ3n) is 6.55. The summed E-state index contributed by atoms with van der Waals surface area (Å²) in [6, 6.07) is 13.9. The van der Waals surface area contributed by atoms with Crippen LogP contribution in [0.15, 0.2) is 42.5 Å². The van der Waals surface area contributed by atoms with Crippen LogP contribution in [0, 0.1) is 6.92 Å². The lowest BCUT2D eigenvalue weighted by molar-refractivity contribution is -0.159. The number of anilines is 1.